The number of likely N-dealkylation sites (tertiary alicyclic amines) is 1. The molecule has 0 radical (unpaired) electrons. The molecule has 1 aliphatic heterocycles. The lowest BCUT2D eigenvalue weighted by atomic mass is 10.1. The highest BCUT2D eigenvalue weighted by Crippen LogP contribution is 2.24. The highest BCUT2D eigenvalue weighted by molar-refractivity contribution is 5.68. The fourth-order valence-corrected chi connectivity index (χ4v) is 3.34. The Morgan fingerprint density at radius 2 is 2.03 bits per heavy atom. The van der Waals surface area contributed by atoms with Gasteiger partial charge >= 0.3 is 6.09 Å². The summed E-state index contributed by atoms with van der Waals surface area (Å²) in [4.78, 5) is 15.6. The predicted molar refractivity (Wildman–Crippen MR) is 110 cm³/mol. The molecule has 0 unspecified atom stereocenters. The molecule has 3 heterocycles. The SMILES string of the molecule is CC(C)(C)OC(=O)N1CCC(n2ncc(COc3ccc(-n4cnnn4)cc3F)n2)CC1. The molecule has 1 fully saturated rings. The Labute approximate surface area is 184 Å². The summed E-state index contributed by atoms with van der Waals surface area (Å²) >= 11 is 0. The molecule has 3 aromatic rings. The Bertz CT molecular complexity index is 1060. The number of halogens is 1. The van der Waals surface area contributed by atoms with Gasteiger partial charge in [-0.05, 0) is 56.2 Å². The molecule has 32 heavy (non-hydrogen) atoms. The molecule has 0 aliphatic carbocycles. The van der Waals surface area contributed by atoms with Gasteiger partial charge in [0, 0.05) is 19.2 Å². The number of carbonyl (C=O) groups excluding carboxylic acids is 1. The number of hydrogen-bond acceptors (Lipinski definition) is 8. The summed E-state index contributed by atoms with van der Waals surface area (Å²) in [5.74, 6) is -0.429. The topological polar surface area (TPSA) is 113 Å². The van der Waals surface area contributed by atoms with E-state index in [2.05, 4.69) is 25.7 Å². The number of aromatic nitrogens is 7. The van der Waals surface area contributed by atoms with Gasteiger partial charge in [0.25, 0.3) is 0 Å². The fraction of sp³-hybridized carbons (Fsp3) is 0.500. The van der Waals surface area contributed by atoms with Gasteiger partial charge < -0.3 is 14.4 Å². The van der Waals surface area contributed by atoms with Crippen LogP contribution in [0.1, 0.15) is 45.3 Å². The van der Waals surface area contributed by atoms with E-state index in [1.165, 1.54) is 23.1 Å². The molecular formula is C20H25FN8O3. The normalized spacial score (nSPS) is 15.1. The van der Waals surface area contributed by atoms with Crippen molar-refractivity contribution in [1.29, 1.82) is 0 Å². The van der Waals surface area contributed by atoms with E-state index < -0.39 is 11.4 Å². The van der Waals surface area contributed by atoms with Gasteiger partial charge in [0.05, 0.1) is 17.9 Å². The molecule has 4 rings (SSSR count). The van der Waals surface area contributed by atoms with Crippen molar-refractivity contribution in [3.05, 3.63) is 42.2 Å². The number of benzene rings is 1. The van der Waals surface area contributed by atoms with Crippen LogP contribution in [0.2, 0.25) is 0 Å². The summed E-state index contributed by atoms with van der Waals surface area (Å²) < 4.78 is 26.7. The summed E-state index contributed by atoms with van der Waals surface area (Å²) in [5.41, 5.74) is 0.562. The number of tetrazole rings is 1. The minimum absolute atomic E-state index is 0.0785. The van der Waals surface area contributed by atoms with Crippen LogP contribution in [0, 0.1) is 5.82 Å². The largest absolute Gasteiger partial charge is 0.484 e. The summed E-state index contributed by atoms with van der Waals surface area (Å²) in [6.07, 6.45) is 4.13. The highest BCUT2D eigenvalue weighted by atomic mass is 19.1. The van der Waals surface area contributed by atoms with E-state index in [1.807, 2.05) is 20.8 Å². The number of ether oxygens (including phenoxy) is 2. The molecule has 2 aromatic heterocycles. The third-order valence-electron chi connectivity index (χ3n) is 4.90. The van der Waals surface area contributed by atoms with Gasteiger partial charge in [-0.25, -0.2) is 13.9 Å². The van der Waals surface area contributed by atoms with Crippen LogP contribution in [0.15, 0.2) is 30.7 Å². The zero-order valence-corrected chi connectivity index (χ0v) is 18.2. The Hall–Kier alpha value is -3.57. The van der Waals surface area contributed by atoms with E-state index in [1.54, 1.807) is 22.0 Å². The van der Waals surface area contributed by atoms with E-state index in [0.29, 0.717) is 24.5 Å². The lowest BCUT2D eigenvalue weighted by Gasteiger charge is -2.32. The average molecular weight is 444 g/mol. The smallest absolute Gasteiger partial charge is 0.410 e. The maximum Gasteiger partial charge on any atom is 0.410 e. The van der Waals surface area contributed by atoms with Crippen LogP contribution in [0.4, 0.5) is 9.18 Å². The minimum atomic E-state index is -0.528. The van der Waals surface area contributed by atoms with Crippen LogP contribution >= 0.6 is 0 Å². The minimum Gasteiger partial charge on any atom is -0.484 e. The number of nitrogens with zero attached hydrogens (tertiary/aromatic N) is 8. The third kappa shape index (κ3) is 5.18. The Morgan fingerprint density at radius 3 is 2.69 bits per heavy atom. The second-order valence-corrected chi connectivity index (χ2v) is 8.51. The summed E-state index contributed by atoms with van der Waals surface area (Å²) in [7, 11) is 0. The van der Waals surface area contributed by atoms with Crippen LogP contribution in [-0.4, -0.2) is 64.9 Å². The van der Waals surface area contributed by atoms with E-state index in [4.69, 9.17) is 9.47 Å². The summed E-state index contributed by atoms with van der Waals surface area (Å²) in [6, 6.07) is 4.54. The zero-order chi connectivity index (χ0) is 22.7. The predicted octanol–water partition coefficient (Wildman–Crippen LogP) is 2.54. The lowest BCUT2D eigenvalue weighted by molar-refractivity contribution is 0.0180. The first-order valence-electron chi connectivity index (χ1n) is 10.3. The van der Waals surface area contributed by atoms with Gasteiger partial charge in [-0.1, -0.05) is 0 Å². The molecule has 1 amide bonds. The van der Waals surface area contributed by atoms with Crippen LogP contribution in [0.25, 0.3) is 5.69 Å². The van der Waals surface area contributed by atoms with E-state index in [0.717, 1.165) is 12.8 Å². The second-order valence-electron chi connectivity index (χ2n) is 8.51. The van der Waals surface area contributed by atoms with Crippen LogP contribution in [-0.2, 0) is 11.3 Å². The van der Waals surface area contributed by atoms with Gasteiger partial charge in [0.2, 0.25) is 0 Å². The number of rotatable bonds is 5. The first kappa shape index (κ1) is 21.7. The maximum absolute atomic E-state index is 14.4. The number of piperidine rings is 1. The van der Waals surface area contributed by atoms with Gasteiger partial charge in [0.15, 0.2) is 11.6 Å². The molecule has 1 saturated heterocycles. The Morgan fingerprint density at radius 1 is 1.25 bits per heavy atom. The lowest BCUT2D eigenvalue weighted by Crippen LogP contribution is -2.42. The molecule has 1 aromatic carbocycles. The van der Waals surface area contributed by atoms with Crippen LogP contribution in [0.3, 0.4) is 0 Å². The molecule has 170 valence electrons. The summed E-state index contributed by atoms with van der Waals surface area (Å²) in [6.45, 7) is 6.78. The first-order chi connectivity index (χ1) is 15.3. The van der Waals surface area contributed by atoms with Gasteiger partial charge in [-0.2, -0.15) is 15.0 Å². The van der Waals surface area contributed by atoms with Gasteiger partial charge in [0.1, 0.15) is 24.2 Å². The first-order valence-corrected chi connectivity index (χ1v) is 10.3. The van der Waals surface area contributed by atoms with Crippen LogP contribution in [0.5, 0.6) is 5.75 Å². The number of amides is 1. The van der Waals surface area contributed by atoms with Gasteiger partial charge in [-0.15, -0.1) is 5.10 Å². The van der Waals surface area contributed by atoms with Crippen molar-refractivity contribution in [1.82, 2.24) is 40.1 Å². The Balaban J connectivity index is 1.30. The van der Waals surface area contributed by atoms with Crippen molar-refractivity contribution in [3.63, 3.8) is 0 Å². The molecule has 0 atom stereocenters. The molecule has 1 aliphatic rings. The van der Waals surface area contributed by atoms with Crippen molar-refractivity contribution >= 4 is 6.09 Å². The standard InChI is InChI=1S/C20H25FN8O3/c1-20(2,3)32-19(30)27-8-6-15(7-9-27)29-23-11-14(24-29)12-31-18-5-4-16(10-17(18)21)28-13-22-25-26-28/h4-5,10-11,13,15H,6-9,12H2,1-3H3. The second kappa shape index (κ2) is 8.89. The van der Waals surface area contributed by atoms with Crippen molar-refractivity contribution < 1.29 is 18.7 Å². The molecular weight excluding hydrogens is 419 g/mol. The van der Waals surface area contributed by atoms with Crippen molar-refractivity contribution in [3.8, 4) is 11.4 Å². The van der Waals surface area contributed by atoms with E-state index in [9.17, 15) is 9.18 Å². The number of carbonyl (C=O) groups is 1. The van der Waals surface area contributed by atoms with E-state index in [-0.39, 0.29) is 24.5 Å². The van der Waals surface area contributed by atoms with Crippen LogP contribution < -0.4 is 4.74 Å². The van der Waals surface area contributed by atoms with Crippen molar-refractivity contribution in [2.24, 2.45) is 0 Å². The molecule has 0 spiro atoms. The molecule has 12 heteroatoms. The zero-order valence-electron chi connectivity index (χ0n) is 18.2. The quantitative estimate of drug-likeness (QED) is 0.590. The third-order valence-corrected chi connectivity index (χ3v) is 4.90. The number of hydrogen-bond donors (Lipinski definition) is 0. The molecule has 0 N–H and O–H groups in total. The molecule has 11 nitrogen and oxygen atoms in total. The average Bonchev–Trinajstić information content (AvgIpc) is 3.44. The van der Waals surface area contributed by atoms with Gasteiger partial charge in [-0.3, -0.25) is 0 Å². The monoisotopic (exact) mass is 444 g/mol. The highest BCUT2D eigenvalue weighted by Gasteiger charge is 2.28. The van der Waals surface area contributed by atoms with Crippen molar-refractivity contribution in [2.45, 2.75) is 51.9 Å². The fourth-order valence-electron chi connectivity index (χ4n) is 3.34. The van der Waals surface area contributed by atoms with E-state index >= 15 is 0 Å². The maximum atomic E-state index is 14.4. The summed E-state index contributed by atoms with van der Waals surface area (Å²) in [5, 5.41) is 19.6. The molecule has 0 bridgehead atoms. The Kier molecular flexibility index (Phi) is 6.01. The molecule has 0 saturated carbocycles. The van der Waals surface area contributed by atoms with Crippen molar-refractivity contribution in [2.75, 3.05) is 13.1 Å².